The minimum absolute atomic E-state index is 0.0151. The molecule has 1 aromatic rings. The number of aromatic hydroxyl groups is 1. The van der Waals surface area contributed by atoms with Gasteiger partial charge in [0.05, 0.1) is 11.0 Å². The smallest absolute Gasteiger partial charge is 0.233 e. The number of amides is 1. The molecule has 0 heterocycles. The van der Waals surface area contributed by atoms with Gasteiger partial charge in [0.15, 0.2) is 0 Å². The van der Waals surface area contributed by atoms with E-state index in [9.17, 15) is 9.90 Å². The molecule has 0 atom stereocenters. The van der Waals surface area contributed by atoms with E-state index in [4.69, 9.17) is 0 Å². The van der Waals surface area contributed by atoms with Crippen molar-refractivity contribution in [3.63, 3.8) is 0 Å². The molecule has 4 nitrogen and oxygen atoms in total. The van der Waals surface area contributed by atoms with E-state index in [0.717, 1.165) is 18.5 Å². The highest BCUT2D eigenvalue weighted by Gasteiger charge is 2.10. The summed E-state index contributed by atoms with van der Waals surface area (Å²) in [5.41, 5.74) is 1.07. The second-order valence-electron chi connectivity index (χ2n) is 4.17. The molecule has 0 radical (unpaired) electrons. The third kappa shape index (κ3) is 4.66. The van der Waals surface area contributed by atoms with Gasteiger partial charge in [-0.3, -0.25) is 9.69 Å². The van der Waals surface area contributed by atoms with Crippen molar-refractivity contribution in [2.75, 3.05) is 20.1 Å². The number of phenols is 1. The van der Waals surface area contributed by atoms with Crippen molar-refractivity contribution in [3.05, 3.63) is 28.2 Å². The number of carbonyl (C=O) groups is 1. The van der Waals surface area contributed by atoms with Gasteiger partial charge in [0.1, 0.15) is 5.75 Å². The van der Waals surface area contributed by atoms with Crippen LogP contribution in [-0.4, -0.2) is 36.1 Å². The molecular formula is C13H19BrN2O2. The van der Waals surface area contributed by atoms with E-state index < -0.39 is 0 Å². The van der Waals surface area contributed by atoms with Gasteiger partial charge in [-0.05, 0) is 46.6 Å². The topological polar surface area (TPSA) is 52.6 Å². The fourth-order valence-electron chi connectivity index (χ4n) is 1.72. The molecule has 1 rings (SSSR count). The minimum atomic E-state index is 0.0151. The third-order valence-electron chi connectivity index (χ3n) is 2.60. The summed E-state index contributed by atoms with van der Waals surface area (Å²) in [6.45, 7) is 4.04. The van der Waals surface area contributed by atoms with Crippen LogP contribution in [-0.2, 0) is 11.3 Å². The van der Waals surface area contributed by atoms with Gasteiger partial charge >= 0.3 is 0 Å². The Balaban J connectivity index is 2.69. The fourth-order valence-corrected chi connectivity index (χ4v) is 2.15. The number of phenolic OH excluding ortho intramolecular Hbond substituents is 1. The second-order valence-corrected chi connectivity index (χ2v) is 5.02. The molecule has 0 fully saturated rings. The monoisotopic (exact) mass is 314 g/mol. The fraction of sp³-hybridized carbons (Fsp3) is 0.462. The van der Waals surface area contributed by atoms with Gasteiger partial charge in [-0.15, -0.1) is 0 Å². The van der Waals surface area contributed by atoms with E-state index in [0.29, 0.717) is 17.6 Å². The maximum absolute atomic E-state index is 11.4. The normalized spacial score (nSPS) is 10.7. The highest BCUT2D eigenvalue weighted by Crippen LogP contribution is 2.24. The lowest BCUT2D eigenvalue weighted by molar-refractivity contribution is -0.121. The molecule has 0 bridgehead atoms. The highest BCUT2D eigenvalue weighted by molar-refractivity contribution is 9.10. The Bertz CT molecular complexity index is 410. The van der Waals surface area contributed by atoms with Crippen molar-refractivity contribution in [1.82, 2.24) is 10.2 Å². The third-order valence-corrected chi connectivity index (χ3v) is 3.24. The van der Waals surface area contributed by atoms with Crippen LogP contribution < -0.4 is 5.32 Å². The van der Waals surface area contributed by atoms with Crippen LogP contribution in [0.3, 0.4) is 0 Å². The number of nitrogens with one attached hydrogen (secondary N) is 1. The summed E-state index contributed by atoms with van der Waals surface area (Å²) in [5.74, 6) is 0.244. The van der Waals surface area contributed by atoms with E-state index in [1.807, 2.05) is 12.1 Å². The van der Waals surface area contributed by atoms with Gasteiger partial charge in [-0.1, -0.05) is 13.0 Å². The van der Waals surface area contributed by atoms with Crippen LogP contribution in [0.15, 0.2) is 22.7 Å². The Morgan fingerprint density at radius 2 is 2.22 bits per heavy atom. The lowest BCUT2D eigenvalue weighted by Crippen LogP contribution is -2.35. The predicted octanol–water partition coefficient (Wildman–Crippen LogP) is 2.11. The zero-order valence-corrected chi connectivity index (χ0v) is 12.3. The molecular weight excluding hydrogens is 296 g/mol. The summed E-state index contributed by atoms with van der Waals surface area (Å²) in [6.07, 6.45) is 0.996. The summed E-state index contributed by atoms with van der Waals surface area (Å²) in [6, 6.07) is 5.40. The van der Waals surface area contributed by atoms with Crippen molar-refractivity contribution < 1.29 is 9.90 Å². The van der Waals surface area contributed by atoms with E-state index in [1.54, 1.807) is 13.1 Å². The highest BCUT2D eigenvalue weighted by atomic mass is 79.9. The van der Waals surface area contributed by atoms with Gasteiger partial charge in [0.2, 0.25) is 5.91 Å². The van der Waals surface area contributed by atoms with Crippen molar-refractivity contribution in [2.45, 2.75) is 19.9 Å². The number of hydrogen-bond acceptors (Lipinski definition) is 3. The Labute approximate surface area is 116 Å². The average molecular weight is 315 g/mol. The summed E-state index contributed by atoms with van der Waals surface area (Å²) in [7, 11) is 1.64. The largest absolute Gasteiger partial charge is 0.507 e. The SMILES string of the molecule is CCCN(CC(=O)NC)Cc1ccc(O)c(Br)c1. The molecule has 0 saturated carbocycles. The van der Waals surface area contributed by atoms with E-state index in [2.05, 4.69) is 33.1 Å². The minimum Gasteiger partial charge on any atom is -0.507 e. The number of carbonyl (C=O) groups excluding carboxylic acids is 1. The van der Waals surface area contributed by atoms with Crippen LogP contribution in [0.5, 0.6) is 5.75 Å². The van der Waals surface area contributed by atoms with E-state index in [1.165, 1.54) is 0 Å². The molecule has 18 heavy (non-hydrogen) atoms. The Morgan fingerprint density at radius 1 is 1.50 bits per heavy atom. The van der Waals surface area contributed by atoms with E-state index >= 15 is 0 Å². The molecule has 0 aliphatic heterocycles. The first-order valence-electron chi connectivity index (χ1n) is 5.97. The first kappa shape index (κ1) is 15.0. The quantitative estimate of drug-likeness (QED) is 0.845. The molecule has 0 aromatic heterocycles. The van der Waals surface area contributed by atoms with Crippen molar-refractivity contribution in [2.24, 2.45) is 0 Å². The predicted molar refractivity (Wildman–Crippen MR) is 75.4 cm³/mol. The molecule has 0 unspecified atom stereocenters. The maximum atomic E-state index is 11.4. The van der Waals surface area contributed by atoms with Gasteiger partial charge in [0, 0.05) is 13.6 Å². The zero-order valence-electron chi connectivity index (χ0n) is 10.7. The van der Waals surface area contributed by atoms with Crippen molar-refractivity contribution >= 4 is 21.8 Å². The molecule has 0 aliphatic carbocycles. The molecule has 5 heteroatoms. The molecule has 2 N–H and O–H groups in total. The van der Waals surface area contributed by atoms with Gasteiger partial charge in [-0.2, -0.15) is 0 Å². The number of hydrogen-bond donors (Lipinski definition) is 2. The molecule has 1 aromatic carbocycles. The summed E-state index contributed by atoms with van der Waals surface area (Å²) < 4.78 is 0.677. The first-order valence-corrected chi connectivity index (χ1v) is 6.76. The number of nitrogens with zero attached hydrogens (tertiary/aromatic N) is 1. The Kier molecular flexibility index (Phi) is 6.15. The van der Waals surface area contributed by atoms with Gasteiger partial charge in [0.25, 0.3) is 0 Å². The molecule has 0 aliphatic rings. The lowest BCUT2D eigenvalue weighted by Gasteiger charge is -2.21. The standard InChI is InChI=1S/C13H19BrN2O2/c1-3-6-16(9-13(18)15-2)8-10-4-5-12(17)11(14)7-10/h4-5,7,17H,3,6,8-9H2,1-2H3,(H,15,18). The number of likely N-dealkylation sites (N-methyl/N-ethyl adjacent to an activating group) is 1. The lowest BCUT2D eigenvalue weighted by atomic mass is 10.2. The van der Waals surface area contributed by atoms with E-state index in [-0.39, 0.29) is 11.7 Å². The maximum Gasteiger partial charge on any atom is 0.233 e. The summed E-state index contributed by atoms with van der Waals surface area (Å²) >= 11 is 3.29. The van der Waals surface area contributed by atoms with Crippen LogP contribution in [0.4, 0.5) is 0 Å². The number of rotatable bonds is 6. The molecule has 1 amide bonds. The molecule has 0 spiro atoms. The first-order chi connectivity index (χ1) is 8.56. The number of halogens is 1. The Morgan fingerprint density at radius 3 is 2.78 bits per heavy atom. The van der Waals surface area contributed by atoms with Crippen LogP contribution in [0.1, 0.15) is 18.9 Å². The summed E-state index contributed by atoms with van der Waals surface area (Å²) in [5, 5.41) is 12.1. The van der Waals surface area contributed by atoms with Crippen LogP contribution in [0, 0.1) is 0 Å². The second kappa shape index (κ2) is 7.38. The van der Waals surface area contributed by atoms with Crippen LogP contribution in [0.2, 0.25) is 0 Å². The summed E-state index contributed by atoms with van der Waals surface area (Å²) in [4.78, 5) is 13.5. The van der Waals surface area contributed by atoms with Crippen LogP contribution >= 0.6 is 15.9 Å². The Hall–Kier alpha value is -1.07. The van der Waals surface area contributed by atoms with Crippen LogP contribution in [0.25, 0.3) is 0 Å². The van der Waals surface area contributed by atoms with Gasteiger partial charge < -0.3 is 10.4 Å². The van der Waals surface area contributed by atoms with Crippen molar-refractivity contribution in [3.8, 4) is 5.75 Å². The average Bonchev–Trinajstić information content (AvgIpc) is 2.34. The number of benzene rings is 1. The van der Waals surface area contributed by atoms with Gasteiger partial charge in [-0.25, -0.2) is 0 Å². The molecule has 100 valence electrons. The zero-order chi connectivity index (χ0) is 13.5. The molecule has 0 saturated heterocycles. The van der Waals surface area contributed by atoms with Crippen molar-refractivity contribution in [1.29, 1.82) is 0 Å².